The Morgan fingerprint density at radius 3 is 2.30 bits per heavy atom. The van der Waals surface area contributed by atoms with Crippen LogP contribution in [0.1, 0.15) is 50.7 Å². The fourth-order valence-electron chi connectivity index (χ4n) is 2.43. The minimum absolute atomic E-state index is 0.241. The molecule has 0 saturated heterocycles. The zero-order valence-electron chi connectivity index (χ0n) is 13.2. The van der Waals surface area contributed by atoms with Crippen molar-refractivity contribution in [1.29, 1.82) is 0 Å². The van der Waals surface area contributed by atoms with Gasteiger partial charge in [0.05, 0.1) is 0 Å². The first-order valence-corrected chi connectivity index (χ1v) is 7.66. The number of aryl methyl sites for hydroxylation is 1. The number of hydrogen-bond donors (Lipinski definition) is 1. The lowest BCUT2D eigenvalue weighted by Crippen LogP contribution is -1.92. The molecule has 0 aliphatic heterocycles. The van der Waals surface area contributed by atoms with Crippen LogP contribution in [0.15, 0.2) is 47.6 Å². The van der Waals surface area contributed by atoms with E-state index in [9.17, 15) is 0 Å². The summed E-state index contributed by atoms with van der Waals surface area (Å²) in [4.78, 5) is 0. The van der Waals surface area contributed by atoms with Crippen molar-refractivity contribution in [3.05, 3.63) is 58.7 Å². The third-order valence-corrected chi connectivity index (χ3v) is 3.75. The summed E-state index contributed by atoms with van der Waals surface area (Å²) in [6.07, 6.45) is 10.3. The van der Waals surface area contributed by atoms with Crippen LogP contribution in [0.25, 0.3) is 0 Å². The topological polar surface area (TPSA) is 20.2 Å². The molecular formula is C19H28O. The van der Waals surface area contributed by atoms with E-state index in [1.807, 2.05) is 18.2 Å². The SMILES string of the molecule is CCCC1=C(C)CC=CC1.Cc1ccccc1CCO. The molecule has 0 unspecified atom stereocenters. The van der Waals surface area contributed by atoms with Gasteiger partial charge in [0.1, 0.15) is 0 Å². The molecule has 1 aromatic carbocycles. The Kier molecular flexibility index (Phi) is 7.98. The smallest absolute Gasteiger partial charge is 0.0471 e. The van der Waals surface area contributed by atoms with Gasteiger partial charge in [0, 0.05) is 6.61 Å². The van der Waals surface area contributed by atoms with Crippen molar-refractivity contribution in [1.82, 2.24) is 0 Å². The maximum atomic E-state index is 8.64. The quantitative estimate of drug-likeness (QED) is 0.766. The summed E-state index contributed by atoms with van der Waals surface area (Å²) in [5.74, 6) is 0. The van der Waals surface area contributed by atoms with Crippen molar-refractivity contribution < 1.29 is 5.11 Å². The first kappa shape index (κ1) is 16.7. The van der Waals surface area contributed by atoms with Gasteiger partial charge >= 0.3 is 0 Å². The Hall–Kier alpha value is -1.34. The molecule has 1 N–H and O–H groups in total. The second-order valence-corrected chi connectivity index (χ2v) is 5.41. The summed E-state index contributed by atoms with van der Waals surface area (Å²) in [6.45, 7) is 6.81. The van der Waals surface area contributed by atoms with Gasteiger partial charge in [-0.2, -0.15) is 0 Å². The minimum Gasteiger partial charge on any atom is -0.396 e. The van der Waals surface area contributed by atoms with Crippen molar-refractivity contribution >= 4 is 0 Å². The van der Waals surface area contributed by atoms with Crippen molar-refractivity contribution in [3.63, 3.8) is 0 Å². The fourth-order valence-corrected chi connectivity index (χ4v) is 2.43. The highest BCUT2D eigenvalue weighted by Gasteiger charge is 2.02. The van der Waals surface area contributed by atoms with Crippen LogP contribution in [0, 0.1) is 6.92 Å². The average Bonchev–Trinajstić information content (AvgIpc) is 2.45. The number of aliphatic hydroxyl groups is 1. The Balaban J connectivity index is 0.000000200. The van der Waals surface area contributed by atoms with Crippen LogP contribution in [-0.2, 0) is 6.42 Å². The van der Waals surface area contributed by atoms with E-state index in [4.69, 9.17) is 5.11 Å². The molecule has 0 heterocycles. The molecule has 0 fully saturated rings. The predicted octanol–water partition coefficient (Wildman–Crippen LogP) is 4.98. The van der Waals surface area contributed by atoms with Crippen molar-refractivity contribution in [2.75, 3.05) is 6.61 Å². The maximum Gasteiger partial charge on any atom is 0.0471 e. The van der Waals surface area contributed by atoms with E-state index in [0.717, 1.165) is 6.42 Å². The lowest BCUT2D eigenvalue weighted by atomic mass is 9.95. The zero-order chi connectivity index (χ0) is 14.8. The van der Waals surface area contributed by atoms with Gasteiger partial charge in [-0.15, -0.1) is 0 Å². The van der Waals surface area contributed by atoms with Crippen LogP contribution in [0.3, 0.4) is 0 Å². The van der Waals surface area contributed by atoms with Gasteiger partial charge in [-0.25, -0.2) is 0 Å². The van der Waals surface area contributed by atoms with Crippen LogP contribution in [0.5, 0.6) is 0 Å². The van der Waals surface area contributed by atoms with Gasteiger partial charge in [-0.1, -0.05) is 60.9 Å². The van der Waals surface area contributed by atoms with Crippen molar-refractivity contribution in [2.45, 2.75) is 52.9 Å². The summed E-state index contributed by atoms with van der Waals surface area (Å²) in [6, 6.07) is 8.12. The van der Waals surface area contributed by atoms with Gasteiger partial charge < -0.3 is 5.11 Å². The molecule has 1 aliphatic carbocycles. The number of benzene rings is 1. The molecule has 0 atom stereocenters. The highest BCUT2D eigenvalue weighted by atomic mass is 16.2. The van der Waals surface area contributed by atoms with E-state index in [0.29, 0.717) is 0 Å². The first-order chi connectivity index (χ1) is 9.69. The average molecular weight is 272 g/mol. The molecule has 1 nitrogen and oxygen atoms in total. The first-order valence-electron chi connectivity index (χ1n) is 7.66. The molecule has 20 heavy (non-hydrogen) atoms. The van der Waals surface area contributed by atoms with E-state index in [2.05, 4.69) is 39.0 Å². The van der Waals surface area contributed by atoms with Crippen LogP contribution < -0.4 is 0 Å². The Morgan fingerprint density at radius 2 is 1.70 bits per heavy atom. The van der Waals surface area contributed by atoms with Gasteiger partial charge in [0.2, 0.25) is 0 Å². The third-order valence-electron chi connectivity index (χ3n) is 3.75. The van der Waals surface area contributed by atoms with Crippen LogP contribution in [0.4, 0.5) is 0 Å². The van der Waals surface area contributed by atoms with E-state index in [1.54, 1.807) is 11.1 Å². The van der Waals surface area contributed by atoms with E-state index in [-0.39, 0.29) is 6.61 Å². The molecule has 0 spiro atoms. The third kappa shape index (κ3) is 5.75. The molecule has 1 heteroatoms. The fraction of sp³-hybridized carbons (Fsp3) is 0.474. The second kappa shape index (κ2) is 9.55. The summed E-state index contributed by atoms with van der Waals surface area (Å²) in [7, 11) is 0. The summed E-state index contributed by atoms with van der Waals surface area (Å²) < 4.78 is 0. The predicted molar refractivity (Wildman–Crippen MR) is 88.0 cm³/mol. The largest absolute Gasteiger partial charge is 0.396 e. The van der Waals surface area contributed by atoms with E-state index in [1.165, 1.54) is 36.8 Å². The minimum atomic E-state index is 0.241. The second-order valence-electron chi connectivity index (χ2n) is 5.41. The summed E-state index contributed by atoms with van der Waals surface area (Å²) in [5.41, 5.74) is 5.77. The van der Waals surface area contributed by atoms with Gasteiger partial charge in [0.15, 0.2) is 0 Å². The number of aliphatic hydroxyl groups excluding tert-OH is 1. The van der Waals surface area contributed by atoms with Gasteiger partial charge in [0.25, 0.3) is 0 Å². The molecular weight excluding hydrogens is 244 g/mol. The normalized spacial score (nSPS) is 14.0. The number of hydrogen-bond acceptors (Lipinski definition) is 1. The molecule has 2 rings (SSSR count). The van der Waals surface area contributed by atoms with E-state index >= 15 is 0 Å². The summed E-state index contributed by atoms with van der Waals surface area (Å²) >= 11 is 0. The zero-order valence-corrected chi connectivity index (χ0v) is 13.2. The number of rotatable bonds is 4. The van der Waals surface area contributed by atoms with Gasteiger partial charge in [-0.05, 0) is 50.7 Å². The Labute approximate surface area is 124 Å². The number of allylic oxidation sites excluding steroid dienone is 4. The standard InChI is InChI=1S/C10H16.C9H12O/c1-3-6-10-8-5-4-7-9(10)2;1-8-4-2-3-5-9(8)6-7-10/h4-5H,3,6-8H2,1-2H3;2-5,10H,6-7H2,1H3. The Bertz CT molecular complexity index is 455. The lowest BCUT2D eigenvalue weighted by molar-refractivity contribution is 0.299. The maximum absolute atomic E-state index is 8.64. The molecule has 0 saturated carbocycles. The van der Waals surface area contributed by atoms with Crippen LogP contribution in [-0.4, -0.2) is 11.7 Å². The lowest BCUT2D eigenvalue weighted by Gasteiger charge is -2.11. The van der Waals surface area contributed by atoms with Crippen molar-refractivity contribution in [2.24, 2.45) is 0 Å². The molecule has 0 aromatic heterocycles. The van der Waals surface area contributed by atoms with Gasteiger partial charge in [-0.3, -0.25) is 0 Å². The summed E-state index contributed by atoms with van der Waals surface area (Å²) in [5, 5.41) is 8.64. The molecule has 110 valence electrons. The van der Waals surface area contributed by atoms with Crippen molar-refractivity contribution in [3.8, 4) is 0 Å². The molecule has 0 amide bonds. The van der Waals surface area contributed by atoms with E-state index < -0.39 is 0 Å². The molecule has 1 aromatic rings. The molecule has 0 bridgehead atoms. The molecule has 1 aliphatic rings. The Morgan fingerprint density at radius 1 is 1.00 bits per heavy atom. The highest BCUT2D eigenvalue weighted by Crippen LogP contribution is 2.22. The van der Waals surface area contributed by atoms with Crippen LogP contribution in [0.2, 0.25) is 0 Å². The molecule has 0 radical (unpaired) electrons. The monoisotopic (exact) mass is 272 g/mol. The van der Waals surface area contributed by atoms with Crippen LogP contribution >= 0.6 is 0 Å². The highest BCUT2D eigenvalue weighted by molar-refractivity contribution is 5.25.